The van der Waals surface area contributed by atoms with Crippen molar-refractivity contribution in [1.82, 2.24) is 10.8 Å². The lowest BCUT2D eigenvalue weighted by Gasteiger charge is -2.10. The highest BCUT2D eigenvalue weighted by Gasteiger charge is 2.25. The van der Waals surface area contributed by atoms with Crippen LogP contribution >= 0.6 is 0 Å². The molecule has 1 saturated carbocycles. The maximum atomic E-state index is 12.7. The number of carbonyl (C=O) groups is 1. The summed E-state index contributed by atoms with van der Waals surface area (Å²) in [6, 6.07) is 15.8. The number of hydroxylamine groups is 1. The number of hydrogen-bond donors (Lipinski definition) is 3. The Kier molecular flexibility index (Phi) is 5.00. The maximum absolute atomic E-state index is 12.7. The van der Waals surface area contributed by atoms with Crippen molar-refractivity contribution in [3.63, 3.8) is 0 Å². The van der Waals surface area contributed by atoms with Gasteiger partial charge in [-0.15, -0.1) is 0 Å². The van der Waals surface area contributed by atoms with Crippen molar-refractivity contribution < 1.29 is 10.0 Å². The van der Waals surface area contributed by atoms with E-state index in [0.29, 0.717) is 17.3 Å². The van der Waals surface area contributed by atoms with E-state index in [1.54, 1.807) is 0 Å². The molecule has 4 heteroatoms. The summed E-state index contributed by atoms with van der Waals surface area (Å²) in [6.07, 6.45) is 4.00. The van der Waals surface area contributed by atoms with E-state index in [2.05, 4.69) is 11.9 Å². The first-order chi connectivity index (χ1) is 12.1. The molecule has 0 bridgehead atoms. The molecule has 128 valence electrons. The largest absolute Gasteiger partial charge is 0.349 e. The molecule has 3 rings (SSSR count). The quantitative estimate of drug-likeness (QED) is 0.428. The Bertz CT molecular complexity index is 801. The zero-order valence-electron chi connectivity index (χ0n) is 14.3. The lowest BCUT2D eigenvalue weighted by Crippen LogP contribution is -2.26. The van der Waals surface area contributed by atoms with Gasteiger partial charge in [-0.05, 0) is 42.5 Å². The van der Waals surface area contributed by atoms with Gasteiger partial charge in [-0.3, -0.25) is 15.5 Å². The second kappa shape index (κ2) is 7.36. The monoisotopic (exact) mass is 334 g/mol. The summed E-state index contributed by atoms with van der Waals surface area (Å²) in [5.74, 6) is -0.0446. The standard InChI is InChI=1S/C21H22N2O2/c1-14-3-7-18(8-4-14)20(21(24)22-19-11-12-19)13-16-5-9-17(10-6-16)15(2)23-25/h3-10,13,19,23,25H,2,11-12H2,1H3,(H,22,24)/b20-13+. The van der Waals surface area contributed by atoms with E-state index >= 15 is 0 Å². The van der Waals surface area contributed by atoms with Crippen LogP contribution in [-0.4, -0.2) is 17.2 Å². The van der Waals surface area contributed by atoms with E-state index in [1.807, 2.05) is 67.0 Å². The predicted octanol–water partition coefficient (Wildman–Crippen LogP) is 3.76. The Morgan fingerprint density at radius 1 is 1.08 bits per heavy atom. The zero-order chi connectivity index (χ0) is 17.8. The molecule has 1 amide bonds. The molecule has 0 unspecified atom stereocenters. The second-order valence-corrected chi connectivity index (χ2v) is 6.38. The van der Waals surface area contributed by atoms with Crippen LogP contribution in [0.25, 0.3) is 17.3 Å². The number of hydrogen-bond acceptors (Lipinski definition) is 3. The minimum Gasteiger partial charge on any atom is -0.349 e. The summed E-state index contributed by atoms with van der Waals surface area (Å²) >= 11 is 0. The molecule has 2 aromatic rings. The fourth-order valence-electron chi connectivity index (χ4n) is 2.52. The summed E-state index contributed by atoms with van der Waals surface area (Å²) in [4.78, 5) is 12.7. The summed E-state index contributed by atoms with van der Waals surface area (Å²) < 4.78 is 0. The molecule has 0 atom stereocenters. The molecule has 1 aliphatic rings. The number of rotatable bonds is 6. The Morgan fingerprint density at radius 2 is 1.68 bits per heavy atom. The highest BCUT2D eigenvalue weighted by atomic mass is 16.5. The third-order valence-corrected chi connectivity index (χ3v) is 4.22. The van der Waals surface area contributed by atoms with Gasteiger partial charge in [0.15, 0.2) is 0 Å². The van der Waals surface area contributed by atoms with Crippen molar-refractivity contribution in [1.29, 1.82) is 0 Å². The molecule has 0 heterocycles. The average Bonchev–Trinajstić information content (AvgIpc) is 3.44. The summed E-state index contributed by atoms with van der Waals surface area (Å²) in [5, 5.41) is 12.0. The van der Waals surface area contributed by atoms with Crippen LogP contribution in [0, 0.1) is 6.92 Å². The highest BCUT2D eigenvalue weighted by molar-refractivity contribution is 6.24. The van der Waals surface area contributed by atoms with E-state index in [4.69, 9.17) is 5.21 Å². The van der Waals surface area contributed by atoms with Crippen LogP contribution in [-0.2, 0) is 4.79 Å². The summed E-state index contributed by atoms with van der Waals surface area (Å²) in [6.45, 7) is 5.74. The van der Waals surface area contributed by atoms with E-state index in [1.165, 1.54) is 0 Å². The molecule has 3 N–H and O–H groups in total. The highest BCUT2D eigenvalue weighted by Crippen LogP contribution is 2.24. The van der Waals surface area contributed by atoms with Crippen molar-refractivity contribution in [2.75, 3.05) is 0 Å². The van der Waals surface area contributed by atoms with Gasteiger partial charge in [0.25, 0.3) is 5.91 Å². The van der Waals surface area contributed by atoms with Gasteiger partial charge in [-0.2, -0.15) is 0 Å². The first-order valence-electron chi connectivity index (χ1n) is 8.36. The number of aryl methyl sites for hydroxylation is 1. The number of benzene rings is 2. The van der Waals surface area contributed by atoms with Gasteiger partial charge in [0, 0.05) is 11.6 Å². The van der Waals surface area contributed by atoms with Crippen LogP contribution in [0.1, 0.15) is 35.1 Å². The number of nitrogens with one attached hydrogen (secondary N) is 2. The molecule has 0 saturated heterocycles. The Hall–Kier alpha value is -2.85. The Balaban J connectivity index is 1.92. The van der Waals surface area contributed by atoms with E-state index < -0.39 is 0 Å². The first-order valence-corrected chi connectivity index (χ1v) is 8.36. The molecule has 25 heavy (non-hydrogen) atoms. The van der Waals surface area contributed by atoms with E-state index in [-0.39, 0.29) is 5.91 Å². The molecule has 4 nitrogen and oxygen atoms in total. The van der Waals surface area contributed by atoms with Gasteiger partial charge >= 0.3 is 0 Å². The lowest BCUT2D eigenvalue weighted by molar-refractivity contribution is -0.115. The second-order valence-electron chi connectivity index (χ2n) is 6.38. The molecule has 1 aliphatic carbocycles. The smallest absolute Gasteiger partial charge is 0.252 e. The molecular formula is C21H22N2O2. The SMILES string of the molecule is C=C(NO)c1ccc(/C=C(/C(=O)NC2CC2)c2ccc(C)cc2)cc1. The van der Waals surface area contributed by atoms with Crippen LogP contribution in [0.15, 0.2) is 55.1 Å². The topological polar surface area (TPSA) is 61.4 Å². The van der Waals surface area contributed by atoms with E-state index in [0.717, 1.165) is 35.1 Å². The number of carbonyl (C=O) groups excluding carboxylic acids is 1. The van der Waals surface area contributed by atoms with Crippen molar-refractivity contribution >= 4 is 23.3 Å². The molecule has 0 radical (unpaired) electrons. The molecule has 1 fully saturated rings. The van der Waals surface area contributed by atoms with Gasteiger partial charge < -0.3 is 5.32 Å². The molecule has 2 aromatic carbocycles. The van der Waals surface area contributed by atoms with Gasteiger partial charge in [-0.25, -0.2) is 0 Å². The van der Waals surface area contributed by atoms with Crippen LogP contribution in [0.5, 0.6) is 0 Å². The Labute approximate surface area is 147 Å². The van der Waals surface area contributed by atoms with Crippen molar-refractivity contribution in [2.45, 2.75) is 25.8 Å². The molecular weight excluding hydrogens is 312 g/mol. The molecule has 0 spiro atoms. The first kappa shape index (κ1) is 17.0. The van der Waals surface area contributed by atoms with Crippen LogP contribution in [0.4, 0.5) is 0 Å². The fraction of sp³-hybridized carbons (Fsp3) is 0.190. The zero-order valence-corrected chi connectivity index (χ0v) is 14.3. The summed E-state index contributed by atoms with van der Waals surface area (Å²) in [7, 11) is 0. The summed E-state index contributed by atoms with van der Waals surface area (Å²) in [5.41, 5.74) is 6.89. The van der Waals surface area contributed by atoms with Crippen LogP contribution < -0.4 is 10.8 Å². The van der Waals surface area contributed by atoms with Gasteiger partial charge in [0.05, 0.1) is 5.70 Å². The fourth-order valence-corrected chi connectivity index (χ4v) is 2.52. The predicted molar refractivity (Wildman–Crippen MR) is 101 cm³/mol. The maximum Gasteiger partial charge on any atom is 0.252 e. The third-order valence-electron chi connectivity index (χ3n) is 4.22. The average molecular weight is 334 g/mol. The van der Waals surface area contributed by atoms with Gasteiger partial charge in [0.1, 0.15) is 0 Å². The van der Waals surface area contributed by atoms with E-state index in [9.17, 15) is 4.79 Å². The minimum atomic E-state index is -0.0446. The van der Waals surface area contributed by atoms with Crippen molar-refractivity contribution in [3.05, 3.63) is 77.4 Å². The van der Waals surface area contributed by atoms with Gasteiger partial charge in [-0.1, -0.05) is 60.7 Å². The van der Waals surface area contributed by atoms with Crippen LogP contribution in [0.3, 0.4) is 0 Å². The van der Waals surface area contributed by atoms with Crippen LogP contribution in [0.2, 0.25) is 0 Å². The minimum absolute atomic E-state index is 0.0446. The van der Waals surface area contributed by atoms with Crippen molar-refractivity contribution in [2.24, 2.45) is 0 Å². The lowest BCUT2D eigenvalue weighted by atomic mass is 10.00. The number of amides is 1. The van der Waals surface area contributed by atoms with Gasteiger partial charge in [0.2, 0.25) is 0 Å². The molecule has 0 aromatic heterocycles. The Morgan fingerprint density at radius 3 is 2.24 bits per heavy atom. The van der Waals surface area contributed by atoms with Crippen molar-refractivity contribution in [3.8, 4) is 0 Å². The third kappa shape index (κ3) is 4.37. The normalized spacial score (nSPS) is 14.1. The molecule has 0 aliphatic heterocycles.